The summed E-state index contributed by atoms with van der Waals surface area (Å²) in [4.78, 5) is 6.32. The van der Waals surface area contributed by atoms with Crippen LogP contribution in [-0.4, -0.2) is 11.5 Å². The molecule has 3 heteroatoms. The van der Waals surface area contributed by atoms with Crippen molar-refractivity contribution in [1.29, 1.82) is 0 Å². The summed E-state index contributed by atoms with van der Waals surface area (Å²) in [7, 11) is 0. The van der Waals surface area contributed by atoms with Gasteiger partial charge in [-0.2, -0.15) is 0 Å². The number of hydrogen-bond donors (Lipinski definition) is 1. The molecule has 0 saturated carbocycles. The summed E-state index contributed by atoms with van der Waals surface area (Å²) in [6.45, 7) is 8.67. The number of aromatic nitrogens is 1. The van der Waals surface area contributed by atoms with E-state index in [4.69, 9.17) is 4.98 Å². The van der Waals surface area contributed by atoms with Crippen molar-refractivity contribution >= 4 is 11.3 Å². The van der Waals surface area contributed by atoms with Crippen molar-refractivity contribution in [2.75, 3.05) is 6.54 Å². The molecule has 1 aromatic carbocycles. The van der Waals surface area contributed by atoms with Crippen LogP contribution < -0.4 is 5.32 Å². The van der Waals surface area contributed by atoms with Gasteiger partial charge in [-0.25, -0.2) is 4.98 Å². The minimum Gasteiger partial charge on any atom is -0.312 e. The zero-order valence-corrected chi connectivity index (χ0v) is 14.2. The first kappa shape index (κ1) is 16.2. The predicted octanol–water partition coefficient (Wildman–Crippen LogP) is 4.96. The zero-order valence-electron chi connectivity index (χ0n) is 13.4. The maximum absolute atomic E-state index is 4.91. The maximum Gasteiger partial charge on any atom is 0.124 e. The van der Waals surface area contributed by atoms with Crippen molar-refractivity contribution in [3.05, 3.63) is 40.4 Å². The average Bonchev–Trinajstić information content (AvgIpc) is 2.87. The van der Waals surface area contributed by atoms with Crippen LogP contribution >= 0.6 is 11.3 Å². The third-order valence-electron chi connectivity index (χ3n) is 3.63. The number of unbranched alkanes of at least 4 members (excludes halogenated alkanes) is 1. The van der Waals surface area contributed by atoms with Crippen molar-refractivity contribution in [2.45, 2.75) is 53.0 Å². The monoisotopic (exact) mass is 302 g/mol. The molecular weight excluding hydrogens is 276 g/mol. The fourth-order valence-corrected chi connectivity index (χ4v) is 3.55. The van der Waals surface area contributed by atoms with Crippen LogP contribution in [0, 0.1) is 6.92 Å². The van der Waals surface area contributed by atoms with Gasteiger partial charge in [0.05, 0.1) is 5.69 Å². The number of rotatable bonds is 8. The van der Waals surface area contributed by atoms with Gasteiger partial charge >= 0.3 is 0 Å². The van der Waals surface area contributed by atoms with Gasteiger partial charge in [0, 0.05) is 17.0 Å². The van der Waals surface area contributed by atoms with Crippen LogP contribution in [0.4, 0.5) is 0 Å². The molecule has 1 aromatic heterocycles. The van der Waals surface area contributed by atoms with E-state index in [0.717, 1.165) is 25.9 Å². The molecule has 0 atom stereocenters. The summed E-state index contributed by atoms with van der Waals surface area (Å²) in [5, 5.41) is 4.72. The highest BCUT2D eigenvalue weighted by Gasteiger charge is 2.12. The summed E-state index contributed by atoms with van der Waals surface area (Å²) in [5.41, 5.74) is 3.87. The van der Waals surface area contributed by atoms with Gasteiger partial charge in [0.15, 0.2) is 0 Å². The Morgan fingerprint density at radius 1 is 1.14 bits per heavy atom. The topological polar surface area (TPSA) is 24.9 Å². The summed E-state index contributed by atoms with van der Waals surface area (Å²) < 4.78 is 0. The van der Waals surface area contributed by atoms with E-state index in [1.54, 1.807) is 0 Å². The van der Waals surface area contributed by atoms with E-state index >= 15 is 0 Å². The molecule has 2 nitrogen and oxygen atoms in total. The van der Waals surface area contributed by atoms with Gasteiger partial charge in [0.2, 0.25) is 0 Å². The summed E-state index contributed by atoms with van der Waals surface area (Å²) in [6, 6.07) is 8.53. The Bertz CT molecular complexity index is 560. The third-order valence-corrected chi connectivity index (χ3v) is 4.76. The Kier molecular flexibility index (Phi) is 6.40. The SMILES string of the molecule is CCCCNCc1sc(-c2ccccc2C)nc1CCC. The van der Waals surface area contributed by atoms with E-state index in [0.29, 0.717) is 0 Å². The van der Waals surface area contributed by atoms with E-state index in [1.165, 1.54) is 39.5 Å². The molecular formula is C18H26N2S. The Labute approximate surface area is 132 Å². The molecule has 0 aliphatic rings. The highest BCUT2D eigenvalue weighted by atomic mass is 32.1. The normalized spacial score (nSPS) is 11.0. The number of nitrogens with zero attached hydrogens (tertiary/aromatic N) is 1. The molecule has 0 radical (unpaired) electrons. The van der Waals surface area contributed by atoms with Crippen molar-refractivity contribution in [3.63, 3.8) is 0 Å². The Balaban J connectivity index is 2.18. The molecule has 2 rings (SSSR count). The first-order valence-corrected chi connectivity index (χ1v) is 8.83. The number of nitrogens with one attached hydrogen (secondary N) is 1. The number of benzene rings is 1. The molecule has 2 aromatic rings. The second kappa shape index (κ2) is 8.30. The molecule has 0 aliphatic carbocycles. The van der Waals surface area contributed by atoms with Crippen LogP contribution in [0.2, 0.25) is 0 Å². The van der Waals surface area contributed by atoms with Gasteiger partial charge in [-0.15, -0.1) is 11.3 Å². The van der Waals surface area contributed by atoms with Crippen molar-refractivity contribution in [2.24, 2.45) is 0 Å². The minimum absolute atomic E-state index is 0.957. The van der Waals surface area contributed by atoms with Gasteiger partial charge in [-0.3, -0.25) is 0 Å². The molecule has 0 aliphatic heterocycles. The smallest absolute Gasteiger partial charge is 0.124 e. The zero-order chi connectivity index (χ0) is 15.1. The second-order valence-corrected chi connectivity index (χ2v) is 6.57. The maximum atomic E-state index is 4.91. The van der Waals surface area contributed by atoms with Crippen molar-refractivity contribution < 1.29 is 0 Å². The van der Waals surface area contributed by atoms with Gasteiger partial charge in [0.1, 0.15) is 5.01 Å². The average molecular weight is 302 g/mol. The summed E-state index contributed by atoms with van der Waals surface area (Å²) in [6.07, 6.45) is 4.71. The van der Waals surface area contributed by atoms with E-state index in [1.807, 2.05) is 11.3 Å². The Morgan fingerprint density at radius 2 is 1.95 bits per heavy atom. The molecule has 0 spiro atoms. The van der Waals surface area contributed by atoms with Crippen LogP contribution in [0.1, 0.15) is 49.2 Å². The molecule has 0 saturated heterocycles. The minimum atomic E-state index is 0.957. The van der Waals surface area contributed by atoms with E-state index in [-0.39, 0.29) is 0 Å². The van der Waals surface area contributed by atoms with Crippen LogP contribution in [-0.2, 0) is 13.0 Å². The number of hydrogen-bond acceptors (Lipinski definition) is 3. The van der Waals surface area contributed by atoms with E-state index in [9.17, 15) is 0 Å². The lowest BCUT2D eigenvalue weighted by atomic mass is 10.1. The molecule has 1 N–H and O–H groups in total. The molecule has 114 valence electrons. The van der Waals surface area contributed by atoms with Crippen molar-refractivity contribution in [3.8, 4) is 10.6 Å². The van der Waals surface area contributed by atoms with Crippen LogP contribution in [0.5, 0.6) is 0 Å². The van der Waals surface area contributed by atoms with Gasteiger partial charge < -0.3 is 5.32 Å². The van der Waals surface area contributed by atoms with Crippen molar-refractivity contribution in [1.82, 2.24) is 10.3 Å². The standard InChI is InChI=1S/C18H26N2S/c1-4-6-12-19-13-17-16(9-5-2)20-18(21-17)15-11-8-7-10-14(15)3/h7-8,10-11,19H,4-6,9,12-13H2,1-3H3. The largest absolute Gasteiger partial charge is 0.312 e. The Hall–Kier alpha value is -1.19. The molecule has 0 unspecified atom stereocenters. The predicted molar refractivity (Wildman–Crippen MR) is 92.9 cm³/mol. The molecule has 0 amide bonds. The Morgan fingerprint density at radius 3 is 2.67 bits per heavy atom. The van der Waals surface area contributed by atoms with Gasteiger partial charge in [-0.05, 0) is 31.9 Å². The van der Waals surface area contributed by atoms with Gasteiger partial charge in [0.25, 0.3) is 0 Å². The lowest BCUT2D eigenvalue weighted by Gasteiger charge is -2.03. The number of thiazole rings is 1. The lowest BCUT2D eigenvalue weighted by molar-refractivity contribution is 0.641. The fraction of sp³-hybridized carbons (Fsp3) is 0.500. The van der Waals surface area contributed by atoms with Gasteiger partial charge in [-0.1, -0.05) is 51.0 Å². The van der Waals surface area contributed by atoms with E-state index < -0.39 is 0 Å². The quantitative estimate of drug-likeness (QED) is 0.697. The molecule has 1 heterocycles. The molecule has 0 bridgehead atoms. The lowest BCUT2D eigenvalue weighted by Crippen LogP contribution is -2.14. The summed E-state index contributed by atoms with van der Waals surface area (Å²) >= 11 is 1.85. The first-order valence-electron chi connectivity index (χ1n) is 8.01. The summed E-state index contributed by atoms with van der Waals surface area (Å²) in [5.74, 6) is 0. The first-order chi connectivity index (χ1) is 10.3. The molecule has 0 fully saturated rings. The van der Waals surface area contributed by atoms with Crippen LogP contribution in [0.3, 0.4) is 0 Å². The highest BCUT2D eigenvalue weighted by molar-refractivity contribution is 7.15. The van der Waals surface area contributed by atoms with E-state index in [2.05, 4.69) is 50.4 Å². The van der Waals surface area contributed by atoms with Crippen LogP contribution in [0.25, 0.3) is 10.6 Å². The van der Waals surface area contributed by atoms with Crippen LogP contribution in [0.15, 0.2) is 24.3 Å². The third kappa shape index (κ3) is 4.39. The highest BCUT2D eigenvalue weighted by Crippen LogP contribution is 2.30. The fourth-order valence-electron chi connectivity index (χ4n) is 2.39. The molecule has 21 heavy (non-hydrogen) atoms. The second-order valence-electron chi connectivity index (χ2n) is 5.48. The number of aryl methyl sites for hydroxylation is 2.